The fourth-order valence-corrected chi connectivity index (χ4v) is 5.28. The molecule has 3 heterocycles. The lowest BCUT2D eigenvalue weighted by Gasteiger charge is -2.34. The molecule has 2 bridgehead atoms. The number of carbonyl (C=O) groups is 1. The van der Waals surface area contributed by atoms with E-state index in [-0.39, 0.29) is 0 Å². The Hall–Kier alpha value is -1.91. The zero-order valence-corrected chi connectivity index (χ0v) is 14.0. The van der Waals surface area contributed by atoms with Crippen molar-refractivity contribution in [1.29, 1.82) is 0 Å². The third kappa shape index (κ3) is 2.25. The van der Waals surface area contributed by atoms with Crippen LogP contribution in [0.4, 0.5) is 0 Å². The molecule has 5 rings (SSSR count). The largest absolute Gasteiger partial charge is 0.342 e. The maximum atomic E-state index is 12.9. The van der Waals surface area contributed by atoms with Crippen LogP contribution >= 0.6 is 0 Å². The van der Waals surface area contributed by atoms with Gasteiger partial charge >= 0.3 is 0 Å². The SMILES string of the molecule is O=C([C@H]1C[C@H]2CC[C@H]1C2)N1CCC(c2nnc3ccccn23)CC1. The molecule has 0 unspecified atom stereocenters. The smallest absolute Gasteiger partial charge is 0.225 e. The first kappa shape index (κ1) is 14.4. The summed E-state index contributed by atoms with van der Waals surface area (Å²) in [7, 11) is 0. The number of piperidine rings is 1. The highest BCUT2D eigenvalue weighted by atomic mass is 16.2. The molecule has 1 aliphatic heterocycles. The number of fused-ring (bicyclic) bond motifs is 3. The number of hydrogen-bond donors (Lipinski definition) is 0. The standard InChI is InChI=1S/C19H24N4O/c24-19(16-12-13-4-5-15(16)11-13)22-9-6-14(7-10-22)18-21-20-17-3-1-2-8-23(17)18/h1-3,8,13-16H,4-7,9-12H2/t13-,15-,16-/m0/s1. The summed E-state index contributed by atoms with van der Waals surface area (Å²) in [6, 6.07) is 6.00. The highest BCUT2D eigenvalue weighted by molar-refractivity contribution is 5.79. The average Bonchev–Trinajstić information content (AvgIpc) is 3.36. The molecule has 1 amide bonds. The first-order chi connectivity index (χ1) is 11.8. The summed E-state index contributed by atoms with van der Waals surface area (Å²) in [5, 5.41) is 8.68. The second-order valence-electron chi connectivity index (χ2n) is 7.87. The Kier molecular flexibility index (Phi) is 3.35. The van der Waals surface area contributed by atoms with Gasteiger partial charge in [0.1, 0.15) is 5.82 Å². The van der Waals surface area contributed by atoms with E-state index in [0.717, 1.165) is 49.7 Å². The van der Waals surface area contributed by atoms with Crippen molar-refractivity contribution in [3.8, 4) is 0 Å². The molecule has 5 heteroatoms. The van der Waals surface area contributed by atoms with E-state index in [2.05, 4.69) is 19.5 Å². The van der Waals surface area contributed by atoms with Gasteiger partial charge in [-0.15, -0.1) is 10.2 Å². The molecule has 2 aromatic heterocycles. The number of rotatable bonds is 2. The van der Waals surface area contributed by atoms with Gasteiger partial charge in [0.25, 0.3) is 0 Å². The van der Waals surface area contributed by atoms with E-state index < -0.39 is 0 Å². The Labute approximate surface area is 142 Å². The molecule has 3 aliphatic rings. The Morgan fingerprint density at radius 2 is 1.92 bits per heavy atom. The van der Waals surface area contributed by atoms with E-state index in [1.165, 1.54) is 19.3 Å². The predicted octanol–water partition coefficient (Wildman–Crippen LogP) is 2.87. The zero-order valence-electron chi connectivity index (χ0n) is 14.0. The second kappa shape index (κ2) is 5.57. The van der Waals surface area contributed by atoms with Crippen LogP contribution in [0.25, 0.3) is 5.65 Å². The summed E-state index contributed by atoms with van der Waals surface area (Å²) in [6.45, 7) is 1.75. The van der Waals surface area contributed by atoms with Gasteiger partial charge in [0.2, 0.25) is 5.91 Å². The lowest BCUT2D eigenvalue weighted by molar-refractivity contribution is -0.138. The van der Waals surface area contributed by atoms with Crippen LogP contribution in [0.5, 0.6) is 0 Å². The van der Waals surface area contributed by atoms with Gasteiger partial charge in [-0.25, -0.2) is 0 Å². The third-order valence-electron chi connectivity index (χ3n) is 6.57. The van der Waals surface area contributed by atoms with Crippen LogP contribution < -0.4 is 0 Å². The lowest BCUT2D eigenvalue weighted by atomic mass is 9.86. The van der Waals surface area contributed by atoms with Crippen molar-refractivity contribution < 1.29 is 4.79 Å². The molecule has 0 spiro atoms. The molecule has 24 heavy (non-hydrogen) atoms. The summed E-state index contributed by atoms with van der Waals surface area (Å²) < 4.78 is 2.10. The van der Waals surface area contributed by atoms with E-state index in [0.29, 0.717) is 23.7 Å². The molecule has 0 aromatic carbocycles. The van der Waals surface area contributed by atoms with Crippen LogP contribution in [-0.4, -0.2) is 38.5 Å². The van der Waals surface area contributed by atoms with E-state index in [9.17, 15) is 4.79 Å². The topological polar surface area (TPSA) is 50.5 Å². The van der Waals surface area contributed by atoms with Crippen molar-refractivity contribution >= 4 is 11.6 Å². The number of nitrogens with zero attached hydrogens (tertiary/aromatic N) is 4. The molecule has 0 radical (unpaired) electrons. The average molecular weight is 324 g/mol. The molecule has 126 valence electrons. The molecule has 2 saturated carbocycles. The Balaban J connectivity index is 1.27. The minimum absolute atomic E-state index is 0.328. The Morgan fingerprint density at radius 1 is 1.04 bits per heavy atom. The van der Waals surface area contributed by atoms with Gasteiger partial charge in [-0.3, -0.25) is 9.20 Å². The molecule has 3 atom stereocenters. The summed E-state index contributed by atoms with van der Waals surface area (Å²) >= 11 is 0. The molecule has 5 nitrogen and oxygen atoms in total. The predicted molar refractivity (Wildman–Crippen MR) is 90.5 cm³/mol. The number of amides is 1. The van der Waals surface area contributed by atoms with Gasteiger partial charge in [-0.1, -0.05) is 12.5 Å². The second-order valence-corrected chi connectivity index (χ2v) is 7.87. The fourth-order valence-electron chi connectivity index (χ4n) is 5.28. The van der Waals surface area contributed by atoms with Crippen molar-refractivity contribution in [1.82, 2.24) is 19.5 Å². The maximum absolute atomic E-state index is 12.9. The molecule has 0 N–H and O–H groups in total. The van der Waals surface area contributed by atoms with Crippen molar-refractivity contribution in [2.45, 2.75) is 44.4 Å². The zero-order chi connectivity index (χ0) is 16.1. The van der Waals surface area contributed by atoms with E-state index in [1.807, 2.05) is 24.4 Å². The lowest BCUT2D eigenvalue weighted by Crippen LogP contribution is -2.42. The normalized spacial score (nSPS) is 30.3. The fraction of sp³-hybridized carbons (Fsp3) is 0.632. The summed E-state index contributed by atoms with van der Waals surface area (Å²) in [6.07, 6.45) is 9.14. The van der Waals surface area contributed by atoms with Crippen molar-refractivity contribution in [3.63, 3.8) is 0 Å². The quantitative estimate of drug-likeness (QED) is 0.853. The first-order valence-electron chi connectivity index (χ1n) is 9.38. The summed E-state index contributed by atoms with van der Waals surface area (Å²) in [5.74, 6) is 3.74. The van der Waals surface area contributed by atoms with E-state index in [1.54, 1.807) is 0 Å². The summed E-state index contributed by atoms with van der Waals surface area (Å²) in [5.41, 5.74) is 0.910. The maximum Gasteiger partial charge on any atom is 0.225 e. The van der Waals surface area contributed by atoms with Crippen molar-refractivity contribution in [2.24, 2.45) is 17.8 Å². The number of aromatic nitrogens is 3. The van der Waals surface area contributed by atoms with E-state index in [4.69, 9.17) is 0 Å². The highest BCUT2D eigenvalue weighted by Crippen LogP contribution is 2.49. The Bertz CT molecular complexity index is 762. The monoisotopic (exact) mass is 324 g/mol. The number of pyridine rings is 1. The van der Waals surface area contributed by atoms with Crippen molar-refractivity contribution in [2.75, 3.05) is 13.1 Å². The minimum atomic E-state index is 0.328. The highest BCUT2D eigenvalue weighted by Gasteiger charge is 2.44. The van der Waals surface area contributed by atoms with Crippen LogP contribution in [0.15, 0.2) is 24.4 Å². The number of carbonyl (C=O) groups excluding carboxylic acids is 1. The van der Waals surface area contributed by atoms with Gasteiger partial charge in [-0.05, 0) is 56.1 Å². The van der Waals surface area contributed by atoms with Gasteiger partial charge in [0.15, 0.2) is 5.65 Å². The van der Waals surface area contributed by atoms with Crippen molar-refractivity contribution in [3.05, 3.63) is 30.2 Å². The molecular formula is C19H24N4O. The van der Waals surface area contributed by atoms with Gasteiger partial charge in [-0.2, -0.15) is 0 Å². The van der Waals surface area contributed by atoms with Crippen LogP contribution in [0.3, 0.4) is 0 Å². The molecule has 2 aromatic rings. The van der Waals surface area contributed by atoms with Crippen LogP contribution in [0.1, 0.15) is 50.3 Å². The molecule has 3 fully saturated rings. The number of likely N-dealkylation sites (tertiary alicyclic amines) is 1. The minimum Gasteiger partial charge on any atom is -0.342 e. The molecule has 2 aliphatic carbocycles. The first-order valence-corrected chi connectivity index (χ1v) is 9.38. The van der Waals surface area contributed by atoms with Gasteiger partial charge in [0.05, 0.1) is 0 Å². The number of hydrogen-bond acceptors (Lipinski definition) is 3. The van der Waals surface area contributed by atoms with Crippen LogP contribution in [0, 0.1) is 17.8 Å². The van der Waals surface area contributed by atoms with Crippen LogP contribution in [-0.2, 0) is 4.79 Å². The molecular weight excluding hydrogens is 300 g/mol. The van der Waals surface area contributed by atoms with E-state index >= 15 is 0 Å². The molecule has 1 saturated heterocycles. The van der Waals surface area contributed by atoms with Crippen LogP contribution in [0.2, 0.25) is 0 Å². The third-order valence-corrected chi connectivity index (χ3v) is 6.57. The Morgan fingerprint density at radius 3 is 2.67 bits per heavy atom. The summed E-state index contributed by atoms with van der Waals surface area (Å²) in [4.78, 5) is 15.0. The van der Waals surface area contributed by atoms with Gasteiger partial charge < -0.3 is 4.90 Å². The van der Waals surface area contributed by atoms with Gasteiger partial charge in [0, 0.05) is 31.1 Å².